The Hall–Kier alpha value is -1.26. The summed E-state index contributed by atoms with van der Waals surface area (Å²) in [6, 6.07) is 10.4. The van der Waals surface area contributed by atoms with Crippen molar-refractivity contribution in [1.29, 1.82) is 0 Å². The van der Waals surface area contributed by atoms with Gasteiger partial charge >= 0.3 is 11.9 Å². The summed E-state index contributed by atoms with van der Waals surface area (Å²) in [5.74, 6) is 4.17. The topological polar surface area (TPSA) is 80.3 Å². The maximum Gasteiger partial charge on any atom is 0.306 e. The molecular weight excluding hydrogens is 645 g/mol. The van der Waals surface area contributed by atoms with Crippen LogP contribution in [0.2, 0.25) is 0 Å². The van der Waals surface area contributed by atoms with Gasteiger partial charge in [0.05, 0.1) is 59.1 Å². The summed E-state index contributed by atoms with van der Waals surface area (Å²) < 4.78 is 27.0. The lowest BCUT2D eigenvalue weighted by molar-refractivity contribution is -0.151. The summed E-state index contributed by atoms with van der Waals surface area (Å²) in [6.45, 7) is 15.2. The second kappa shape index (κ2) is 31.7. The first-order valence-corrected chi connectivity index (χ1v) is 21.1. The Morgan fingerprint density at radius 1 is 0.542 bits per heavy atom. The number of hydrogen-bond acceptors (Lipinski definition) is 9. The van der Waals surface area contributed by atoms with Crippen molar-refractivity contribution in [1.82, 2.24) is 0 Å². The Morgan fingerprint density at radius 3 is 1.54 bits per heavy atom. The zero-order valence-electron chi connectivity index (χ0n) is 30.9. The average molecular weight is 713 g/mol. The Balaban J connectivity index is 1.84. The highest BCUT2D eigenvalue weighted by Crippen LogP contribution is 2.25. The molecule has 0 unspecified atom stereocenters. The third-order valence-corrected chi connectivity index (χ3v) is 10.7. The van der Waals surface area contributed by atoms with E-state index in [-0.39, 0.29) is 25.4 Å². The lowest BCUT2D eigenvalue weighted by atomic mass is 9.91. The second-order valence-corrected chi connectivity index (χ2v) is 16.2. The van der Waals surface area contributed by atoms with Crippen molar-refractivity contribution >= 4 is 33.5 Å². The Kier molecular flexibility index (Phi) is 29.6. The molecule has 0 aliphatic rings. The van der Waals surface area contributed by atoms with Crippen LogP contribution >= 0.6 is 21.6 Å². The maximum absolute atomic E-state index is 12.0. The van der Waals surface area contributed by atoms with Gasteiger partial charge < -0.3 is 23.7 Å². The molecule has 0 aliphatic carbocycles. The fourth-order valence-electron chi connectivity index (χ4n) is 5.25. The van der Waals surface area contributed by atoms with E-state index in [4.69, 9.17) is 23.7 Å². The van der Waals surface area contributed by atoms with E-state index in [1.807, 2.05) is 27.7 Å². The van der Waals surface area contributed by atoms with Gasteiger partial charge in [0.1, 0.15) is 6.61 Å². The van der Waals surface area contributed by atoms with Crippen LogP contribution in [-0.4, -0.2) is 70.5 Å². The lowest BCUT2D eigenvalue weighted by Crippen LogP contribution is -2.15. The molecule has 0 spiro atoms. The van der Waals surface area contributed by atoms with Gasteiger partial charge in [-0.1, -0.05) is 144 Å². The van der Waals surface area contributed by atoms with Gasteiger partial charge in [0, 0.05) is 11.5 Å². The number of carbonyl (C=O) groups is 2. The Bertz CT molecular complexity index is 886. The molecule has 0 amide bonds. The largest absolute Gasteiger partial charge is 0.466 e. The van der Waals surface area contributed by atoms with Gasteiger partial charge in [-0.25, -0.2) is 0 Å². The minimum atomic E-state index is -0.413. The zero-order chi connectivity index (χ0) is 35.1. The molecular formula is C39H68O7S2. The van der Waals surface area contributed by atoms with Crippen molar-refractivity contribution in [3.63, 3.8) is 0 Å². The molecule has 278 valence electrons. The minimum absolute atomic E-state index is 0.0241. The van der Waals surface area contributed by atoms with E-state index in [0.29, 0.717) is 52.2 Å². The van der Waals surface area contributed by atoms with E-state index in [9.17, 15) is 9.59 Å². The Morgan fingerprint density at radius 2 is 1.00 bits per heavy atom. The highest BCUT2D eigenvalue weighted by atomic mass is 33.1. The standard InChI is InChI=1S/C39H68O7S2/c1-33(2)12-9-13-34(3)14-10-15-35(4)16-11-17-36(5)22-23-45-38(40)20-21-39(41)46-29-28-43-25-24-42-26-27-44-30-31-47-48-32-37-18-7-6-8-19-37/h6-8,18-19,33-36H,9-17,20-32H2,1-5H3/t34-,35-,36+/m1/s1. The van der Waals surface area contributed by atoms with Gasteiger partial charge in [-0.2, -0.15) is 0 Å². The van der Waals surface area contributed by atoms with Crippen LogP contribution in [0, 0.1) is 23.7 Å². The fourth-order valence-corrected chi connectivity index (χ4v) is 7.18. The number of esters is 2. The van der Waals surface area contributed by atoms with Crippen LogP contribution in [0.15, 0.2) is 30.3 Å². The molecule has 48 heavy (non-hydrogen) atoms. The number of ether oxygens (including phenoxy) is 5. The Labute approximate surface area is 301 Å². The van der Waals surface area contributed by atoms with Gasteiger partial charge in [0.25, 0.3) is 0 Å². The highest BCUT2D eigenvalue weighted by Gasteiger charge is 2.11. The SMILES string of the molecule is CC(C)CCC[C@@H](C)CCC[C@@H](C)CCC[C@H](C)CCOC(=O)CCC(=O)OCCOCCOCCOCCSSCc1ccccc1. The first-order chi connectivity index (χ1) is 23.3. The monoisotopic (exact) mass is 712 g/mol. The molecule has 0 N–H and O–H groups in total. The predicted octanol–water partition coefficient (Wildman–Crippen LogP) is 9.95. The summed E-state index contributed by atoms with van der Waals surface area (Å²) in [7, 11) is 3.65. The van der Waals surface area contributed by atoms with Gasteiger partial charge in [-0.3, -0.25) is 9.59 Å². The van der Waals surface area contributed by atoms with E-state index in [0.717, 1.165) is 42.1 Å². The van der Waals surface area contributed by atoms with E-state index < -0.39 is 5.97 Å². The lowest BCUT2D eigenvalue weighted by Gasteiger charge is -2.16. The molecule has 0 saturated heterocycles. The summed E-state index contributed by atoms with van der Waals surface area (Å²) in [5.41, 5.74) is 1.33. The summed E-state index contributed by atoms with van der Waals surface area (Å²) in [6.07, 6.45) is 12.7. The van der Waals surface area contributed by atoms with E-state index in [1.165, 1.54) is 56.9 Å². The van der Waals surface area contributed by atoms with Crippen molar-refractivity contribution in [3.8, 4) is 0 Å². The van der Waals surface area contributed by atoms with Crippen molar-refractivity contribution in [3.05, 3.63) is 35.9 Å². The molecule has 0 aromatic heterocycles. The molecule has 9 heteroatoms. The van der Waals surface area contributed by atoms with Gasteiger partial charge in [0.2, 0.25) is 0 Å². The molecule has 0 fully saturated rings. The van der Waals surface area contributed by atoms with Crippen LogP contribution < -0.4 is 0 Å². The van der Waals surface area contributed by atoms with Crippen LogP contribution in [0.25, 0.3) is 0 Å². The fraction of sp³-hybridized carbons (Fsp3) is 0.795. The summed E-state index contributed by atoms with van der Waals surface area (Å²) in [4.78, 5) is 24.0. The third kappa shape index (κ3) is 29.6. The van der Waals surface area contributed by atoms with Crippen LogP contribution in [0.4, 0.5) is 0 Å². The average Bonchev–Trinajstić information content (AvgIpc) is 3.06. The van der Waals surface area contributed by atoms with Crippen LogP contribution in [0.1, 0.15) is 117 Å². The predicted molar refractivity (Wildman–Crippen MR) is 202 cm³/mol. The van der Waals surface area contributed by atoms with Crippen LogP contribution in [0.5, 0.6) is 0 Å². The normalized spacial score (nSPS) is 13.4. The molecule has 1 rings (SSSR count). The van der Waals surface area contributed by atoms with E-state index in [1.54, 1.807) is 0 Å². The number of hydrogen-bond donors (Lipinski definition) is 0. The zero-order valence-corrected chi connectivity index (χ0v) is 32.6. The summed E-state index contributed by atoms with van der Waals surface area (Å²) in [5, 5.41) is 0. The number of rotatable bonds is 33. The van der Waals surface area contributed by atoms with Crippen molar-refractivity contribution < 1.29 is 33.3 Å². The van der Waals surface area contributed by atoms with Crippen molar-refractivity contribution in [2.75, 3.05) is 58.6 Å². The van der Waals surface area contributed by atoms with E-state index >= 15 is 0 Å². The molecule has 0 aliphatic heterocycles. The van der Waals surface area contributed by atoms with Crippen molar-refractivity contribution in [2.45, 2.75) is 117 Å². The first kappa shape index (κ1) is 44.8. The number of benzene rings is 1. The minimum Gasteiger partial charge on any atom is -0.466 e. The van der Waals surface area contributed by atoms with Gasteiger partial charge in [-0.05, 0) is 35.7 Å². The third-order valence-electron chi connectivity index (χ3n) is 8.37. The maximum atomic E-state index is 12.0. The van der Waals surface area contributed by atoms with Crippen LogP contribution in [0.3, 0.4) is 0 Å². The van der Waals surface area contributed by atoms with Gasteiger partial charge in [0.15, 0.2) is 0 Å². The molecule has 1 aromatic rings. The second-order valence-electron chi connectivity index (χ2n) is 13.6. The molecule has 0 heterocycles. The van der Waals surface area contributed by atoms with Crippen molar-refractivity contribution in [2.24, 2.45) is 23.7 Å². The van der Waals surface area contributed by atoms with Crippen LogP contribution in [-0.2, 0) is 39.0 Å². The first-order valence-electron chi connectivity index (χ1n) is 18.6. The smallest absolute Gasteiger partial charge is 0.306 e. The molecule has 0 bridgehead atoms. The van der Waals surface area contributed by atoms with Gasteiger partial charge in [-0.15, -0.1) is 0 Å². The quantitative estimate of drug-likeness (QED) is 0.0402. The molecule has 0 saturated carbocycles. The van der Waals surface area contributed by atoms with E-state index in [2.05, 4.69) is 58.9 Å². The molecule has 1 aromatic carbocycles. The molecule has 7 nitrogen and oxygen atoms in total. The molecule has 3 atom stereocenters. The highest BCUT2D eigenvalue weighted by molar-refractivity contribution is 8.76. The molecule has 0 radical (unpaired) electrons. The number of carbonyl (C=O) groups excluding carboxylic acids is 2. The summed E-state index contributed by atoms with van der Waals surface area (Å²) >= 11 is 0.